The van der Waals surface area contributed by atoms with Gasteiger partial charge in [0.15, 0.2) is 0 Å². The quantitative estimate of drug-likeness (QED) is 0.514. The van der Waals surface area contributed by atoms with E-state index in [0.29, 0.717) is 0 Å². The standard InChI is InChI=1S/C13H19Si.3CH3.Sn/c1-12(2)10-11-14(3,4)13-8-6-5-7-9-13;;;;/h5-10H,1,11H2,2-4H3;3*1H3;/b12-10-;;;;. The second-order valence-electron chi connectivity index (χ2n) is 7.24. The molecule has 18 heavy (non-hydrogen) atoms. The van der Waals surface area contributed by atoms with E-state index in [1.165, 1.54) is 10.5 Å². The summed E-state index contributed by atoms with van der Waals surface area (Å²) in [6.07, 6.45) is 2.53. The summed E-state index contributed by atoms with van der Waals surface area (Å²) in [6.45, 7) is 7.29. The molecule has 1 aromatic carbocycles. The maximum absolute atomic E-state index is 2.53. The summed E-state index contributed by atoms with van der Waals surface area (Å²) >= 11 is -1.64. The van der Waals surface area contributed by atoms with E-state index in [2.05, 4.69) is 71.2 Å². The van der Waals surface area contributed by atoms with Gasteiger partial charge in [0.25, 0.3) is 0 Å². The molecule has 0 bridgehead atoms. The number of rotatable bonds is 5. The molecule has 0 N–H and O–H groups in total. The van der Waals surface area contributed by atoms with E-state index in [1.807, 2.05) is 0 Å². The van der Waals surface area contributed by atoms with Gasteiger partial charge in [0.05, 0.1) is 0 Å². The molecule has 0 fully saturated rings. The van der Waals surface area contributed by atoms with Crippen LogP contribution in [-0.2, 0) is 0 Å². The summed E-state index contributed by atoms with van der Waals surface area (Å²) in [4.78, 5) is 7.56. The Morgan fingerprint density at radius 3 is 2.17 bits per heavy atom. The molecule has 0 saturated heterocycles. The Labute approximate surface area is 118 Å². The number of hydrogen-bond donors (Lipinski definition) is 0. The van der Waals surface area contributed by atoms with Gasteiger partial charge >= 0.3 is 119 Å². The third-order valence-corrected chi connectivity index (χ3v) is 11.1. The topological polar surface area (TPSA) is 0 Å². The predicted octanol–water partition coefficient (Wildman–Crippen LogP) is 4.89. The molecule has 0 unspecified atom stereocenters. The van der Waals surface area contributed by atoms with Crippen molar-refractivity contribution >= 4 is 31.6 Å². The van der Waals surface area contributed by atoms with Crippen molar-refractivity contribution in [2.75, 3.05) is 0 Å². The van der Waals surface area contributed by atoms with Crippen LogP contribution < -0.4 is 5.19 Å². The van der Waals surface area contributed by atoms with Crippen LogP contribution in [0.5, 0.6) is 0 Å². The van der Waals surface area contributed by atoms with Crippen LogP contribution in [0.3, 0.4) is 0 Å². The van der Waals surface area contributed by atoms with Gasteiger partial charge in [0, 0.05) is 0 Å². The summed E-state index contributed by atoms with van der Waals surface area (Å²) in [7, 11) is -1.27. The van der Waals surface area contributed by atoms with Crippen molar-refractivity contribution in [2.45, 2.75) is 45.3 Å². The van der Waals surface area contributed by atoms with Gasteiger partial charge in [-0.3, -0.25) is 0 Å². The van der Waals surface area contributed by atoms with Crippen LogP contribution in [0.2, 0.25) is 38.4 Å². The van der Waals surface area contributed by atoms with Crippen LogP contribution in [0.15, 0.2) is 42.0 Å². The Morgan fingerprint density at radius 1 is 1.11 bits per heavy atom. The van der Waals surface area contributed by atoms with E-state index >= 15 is 0 Å². The fourth-order valence-corrected chi connectivity index (χ4v) is 9.72. The number of hydrogen-bond acceptors (Lipinski definition) is 0. The van der Waals surface area contributed by atoms with Gasteiger partial charge in [-0.05, 0) is 0 Å². The van der Waals surface area contributed by atoms with Gasteiger partial charge < -0.3 is 0 Å². The van der Waals surface area contributed by atoms with Gasteiger partial charge in [0.1, 0.15) is 0 Å². The molecule has 0 aliphatic heterocycles. The summed E-state index contributed by atoms with van der Waals surface area (Å²) in [6, 6.07) is 12.4. The zero-order valence-corrected chi connectivity index (χ0v) is 16.7. The number of allylic oxidation sites excluding steroid dienone is 2. The zero-order valence-electron chi connectivity index (χ0n) is 12.9. The van der Waals surface area contributed by atoms with E-state index in [-0.39, 0.29) is 0 Å². The van der Waals surface area contributed by atoms with Crippen molar-refractivity contribution in [3.63, 3.8) is 0 Å². The van der Waals surface area contributed by atoms with E-state index in [1.54, 1.807) is 10.8 Å². The normalized spacial score (nSPS) is 13.8. The fraction of sp³-hybridized carbons (Fsp3) is 0.500. The molecule has 0 aliphatic rings. The van der Waals surface area contributed by atoms with Crippen molar-refractivity contribution in [3.8, 4) is 0 Å². The Bertz CT molecular complexity index is 399. The van der Waals surface area contributed by atoms with Crippen LogP contribution >= 0.6 is 0 Å². The average Bonchev–Trinajstić information content (AvgIpc) is 2.26. The summed E-state index contributed by atoms with van der Waals surface area (Å²) in [5.74, 6) is 0. The molecule has 100 valence electrons. The van der Waals surface area contributed by atoms with Gasteiger partial charge in [-0.25, -0.2) is 0 Å². The van der Waals surface area contributed by atoms with E-state index in [9.17, 15) is 0 Å². The van der Waals surface area contributed by atoms with E-state index < -0.39 is 26.5 Å². The second-order valence-corrected chi connectivity index (χ2v) is 27.6. The Balaban J connectivity index is 2.70. The first kappa shape index (κ1) is 16.0. The molecule has 0 aromatic heterocycles. The SMILES string of the molecule is C/C(=C\C[Si](C)(C)c1ccccc1)[CH2][Sn]([CH3])([CH3])[CH3]. The first-order valence-electron chi connectivity index (χ1n) is 6.92. The predicted molar refractivity (Wildman–Crippen MR) is 90.3 cm³/mol. The first-order valence-corrected chi connectivity index (χ1v) is 20.7. The first-order chi connectivity index (χ1) is 8.21. The van der Waals surface area contributed by atoms with Crippen LogP contribution in [0.1, 0.15) is 6.92 Å². The fourth-order valence-electron chi connectivity index (χ4n) is 2.35. The molecule has 0 heterocycles. The van der Waals surface area contributed by atoms with Crippen molar-refractivity contribution in [2.24, 2.45) is 0 Å². The molecule has 0 spiro atoms. The van der Waals surface area contributed by atoms with E-state index in [0.717, 1.165) is 0 Å². The molecule has 0 aliphatic carbocycles. The van der Waals surface area contributed by atoms with E-state index in [4.69, 9.17) is 0 Å². The molecular formula is C16H28SiSn. The van der Waals surface area contributed by atoms with Crippen LogP contribution in [-0.4, -0.2) is 26.5 Å². The number of benzene rings is 1. The summed E-state index contributed by atoms with van der Waals surface area (Å²) in [5, 5.41) is 1.58. The monoisotopic (exact) mass is 368 g/mol. The van der Waals surface area contributed by atoms with Crippen molar-refractivity contribution < 1.29 is 0 Å². The molecule has 0 nitrogen and oxygen atoms in total. The molecule has 2 heteroatoms. The van der Waals surface area contributed by atoms with Gasteiger partial charge in [-0.15, -0.1) is 0 Å². The third-order valence-electron chi connectivity index (χ3n) is 3.33. The van der Waals surface area contributed by atoms with Gasteiger partial charge in [-0.1, -0.05) is 0 Å². The van der Waals surface area contributed by atoms with Crippen LogP contribution in [0.25, 0.3) is 0 Å². The van der Waals surface area contributed by atoms with Crippen molar-refractivity contribution in [1.82, 2.24) is 0 Å². The van der Waals surface area contributed by atoms with Gasteiger partial charge in [-0.2, -0.15) is 0 Å². The molecule has 1 aromatic rings. The van der Waals surface area contributed by atoms with Crippen LogP contribution in [0, 0.1) is 0 Å². The molecule has 1 rings (SSSR count). The second kappa shape index (κ2) is 6.42. The maximum atomic E-state index is 2.53. The summed E-state index contributed by atoms with van der Waals surface area (Å²) < 4.78 is 1.41. The Kier molecular flexibility index (Phi) is 5.72. The molecule has 0 amide bonds. The van der Waals surface area contributed by atoms with Gasteiger partial charge in [0.2, 0.25) is 0 Å². The summed E-state index contributed by atoms with van der Waals surface area (Å²) in [5.41, 5.74) is 1.63. The molecular weight excluding hydrogens is 339 g/mol. The van der Waals surface area contributed by atoms with Crippen molar-refractivity contribution in [1.29, 1.82) is 0 Å². The third kappa shape index (κ3) is 5.74. The Morgan fingerprint density at radius 2 is 1.67 bits per heavy atom. The zero-order chi connectivity index (χ0) is 13.8. The molecule has 0 atom stereocenters. The average molecular weight is 367 g/mol. The van der Waals surface area contributed by atoms with Crippen molar-refractivity contribution in [3.05, 3.63) is 42.0 Å². The van der Waals surface area contributed by atoms with Crippen LogP contribution in [0.4, 0.5) is 0 Å². The minimum atomic E-state index is -1.64. The molecule has 0 saturated carbocycles. The molecule has 0 radical (unpaired) electrons. The Hall–Kier alpha value is -0.0244. The minimum absolute atomic E-state index is 1.27.